The summed E-state index contributed by atoms with van der Waals surface area (Å²) >= 11 is 0. The lowest BCUT2D eigenvalue weighted by molar-refractivity contribution is -0.129. The van der Waals surface area contributed by atoms with Crippen LogP contribution in [0.1, 0.15) is 12.0 Å². The van der Waals surface area contributed by atoms with E-state index < -0.39 is 10.0 Å². The molecule has 1 fully saturated rings. The maximum Gasteiger partial charge on any atom is 0.225 e. The van der Waals surface area contributed by atoms with Crippen LogP contribution in [0.4, 0.5) is 0 Å². The Morgan fingerprint density at radius 3 is 2.61 bits per heavy atom. The number of hydrogen-bond donors (Lipinski definition) is 2. The molecule has 0 saturated carbocycles. The predicted octanol–water partition coefficient (Wildman–Crippen LogP) is -0.299. The molecule has 2 rings (SSSR count). The van der Waals surface area contributed by atoms with E-state index in [1.54, 1.807) is 4.90 Å². The standard InChI is InChI=1S/C15H21N3O4S/c1-23(21,22)17-8-7-16-15(20)13-9-14(19)18(11-13)10-12-5-3-2-4-6-12/h2-6,13,17H,7-11H2,1H3,(H,16,20)/t13-/m1/s1. The molecule has 1 heterocycles. The molecule has 23 heavy (non-hydrogen) atoms. The Hall–Kier alpha value is -1.93. The minimum atomic E-state index is -3.26. The van der Waals surface area contributed by atoms with Crippen molar-refractivity contribution in [1.29, 1.82) is 0 Å². The highest BCUT2D eigenvalue weighted by molar-refractivity contribution is 7.88. The molecular weight excluding hydrogens is 318 g/mol. The van der Waals surface area contributed by atoms with Crippen LogP contribution in [-0.2, 0) is 26.2 Å². The molecule has 2 N–H and O–H groups in total. The van der Waals surface area contributed by atoms with E-state index in [1.165, 1.54) is 0 Å². The van der Waals surface area contributed by atoms with Gasteiger partial charge in [0.25, 0.3) is 0 Å². The smallest absolute Gasteiger partial charge is 0.225 e. The monoisotopic (exact) mass is 339 g/mol. The molecule has 1 aromatic rings. The number of nitrogens with one attached hydrogen (secondary N) is 2. The number of sulfonamides is 1. The van der Waals surface area contributed by atoms with Crippen molar-refractivity contribution in [3.8, 4) is 0 Å². The van der Waals surface area contributed by atoms with Gasteiger partial charge in [-0.05, 0) is 5.56 Å². The van der Waals surface area contributed by atoms with Crippen LogP contribution < -0.4 is 10.0 Å². The molecule has 126 valence electrons. The number of hydrogen-bond acceptors (Lipinski definition) is 4. The maximum atomic E-state index is 12.0. The largest absolute Gasteiger partial charge is 0.354 e. The molecular formula is C15H21N3O4S. The summed E-state index contributed by atoms with van der Waals surface area (Å²) in [6.45, 7) is 1.23. The Kier molecular flexibility index (Phi) is 5.73. The molecule has 7 nitrogen and oxygen atoms in total. The Morgan fingerprint density at radius 1 is 1.26 bits per heavy atom. The van der Waals surface area contributed by atoms with Crippen molar-refractivity contribution < 1.29 is 18.0 Å². The molecule has 0 aliphatic carbocycles. The van der Waals surface area contributed by atoms with Gasteiger partial charge in [0.15, 0.2) is 0 Å². The van der Waals surface area contributed by atoms with E-state index in [-0.39, 0.29) is 37.2 Å². The number of nitrogens with zero attached hydrogens (tertiary/aromatic N) is 1. The van der Waals surface area contributed by atoms with E-state index in [1.807, 2.05) is 30.3 Å². The van der Waals surface area contributed by atoms with Crippen LogP contribution >= 0.6 is 0 Å². The zero-order valence-corrected chi connectivity index (χ0v) is 13.8. The lowest BCUT2D eigenvalue weighted by Gasteiger charge is -2.16. The summed E-state index contributed by atoms with van der Waals surface area (Å²) in [6.07, 6.45) is 1.25. The minimum Gasteiger partial charge on any atom is -0.354 e. The molecule has 1 atom stereocenters. The highest BCUT2D eigenvalue weighted by atomic mass is 32.2. The molecule has 0 bridgehead atoms. The Morgan fingerprint density at radius 2 is 1.96 bits per heavy atom. The van der Waals surface area contributed by atoms with Gasteiger partial charge in [0.2, 0.25) is 21.8 Å². The molecule has 1 aromatic carbocycles. The summed E-state index contributed by atoms with van der Waals surface area (Å²) in [5.74, 6) is -0.642. The van der Waals surface area contributed by atoms with Gasteiger partial charge in [-0.15, -0.1) is 0 Å². The second-order valence-corrected chi connectivity index (χ2v) is 7.45. The van der Waals surface area contributed by atoms with Gasteiger partial charge in [0, 0.05) is 32.6 Å². The summed E-state index contributed by atoms with van der Waals surface area (Å²) < 4.78 is 24.1. The van der Waals surface area contributed by atoms with Crippen molar-refractivity contribution in [3.05, 3.63) is 35.9 Å². The fourth-order valence-corrected chi connectivity index (χ4v) is 2.94. The number of carbonyl (C=O) groups is 2. The SMILES string of the molecule is CS(=O)(=O)NCCNC(=O)[C@@H]1CC(=O)N(Cc2ccccc2)C1. The first-order valence-electron chi connectivity index (χ1n) is 7.39. The third-order valence-corrected chi connectivity index (χ3v) is 4.32. The van der Waals surface area contributed by atoms with Crippen LogP contribution in [0.3, 0.4) is 0 Å². The van der Waals surface area contributed by atoms with Gasteiger partial charge in [-0.3, -0.25) is 9.59 Å². The molecule has 2 amide bonds. The van der Waals surface area contributed by atoms with Gasteiger partial charge in [0.05, 0.1) is 12.2 Å². The normalized spacial score (nSPS) is 18.2. The van der Waals surface area contributed by atoms with Crippen molar-refractivity contribution in [2.75, 3.05) is 25.9 Å². The molecule has 1 aliphatic heterocycles. The Balaban J connectivity index is 1.78. The summed E-state index contributed by atoms with van der Waals surface area (Å²) in [5.41, 5.74) is 1.03. The van der Waals surface area contributed by atoms with E-state index in [0.717, 1.165) is 11.8 Å². The zero-order valence-electron chi connectivity index (χ0n) is 13.0. The highest BCUT2D eigenvalue weighted by Gasteiger charge is 2.33. The van der Waals surface area contributed by atoms with Crippen LogP contribution in [0.2, 0.25) is 0 Å². The van der Waals surface area contributed by atoms with E-state index in [0.29, 0.717) is 13.1 Å². The first-order valence-corrected chi connectivity index (χ1v) is 9.28. The van der Waals surface area contributed by atoms with Crippen molar-refractivity contribution in [1.82, 2.24) is 14.9 Å². The van der Waals surface area contributed by atoms with Gasteiger partial charge in [-0.1, -0.05) is 30.3 Å². The van der Waals surface area contributed by atoms with Crippen LogP contribution in [0.5, 0.6) is 0 Å². The second kappa shape index (κ2) is 7.56. The average molecular weight is 339 g/mol. The van der Waals surface area contributed by atoms with Gasteiger partial charge >= 0.3 is 0 Å². The van der Waals surface area contributed by atoms with Crippen LogP contribution in [-0.4, -0.2) is 51.0 Å². The van der Waals surface area contributed by atoms with Crippen molar-refractivity contribution in [2.45, 2.75) is 13.0 Å². The second-order valence-electron chi connectivity index (χ2n) is 5.62. The lowest BCUT2D eigenvalue weighted by Crippen LogP contribution is -2.38. The molecule has 0 aromatic heterocycles. The number of amides is 2. The van der Waals surface area contributed by atoms with Gasteiger partial charge in [-0.25, -0.2) is 13.1 Å². The maximum absolute atomic E-state index is 12.0. The minimum absolute atomic E-state index is 0.0386. The topological polar surface area (TPSA) is 95.6 Å². The molecule has 0 spiro atoms. The van der Waals surface area contributed by atoms with Gasteiger partial charge in [0.1, 0.15) is 0 Å². The Labute approximate surface area is 136 Å². The van der Waals surface area contributed by atoms with Crippen molar-refractivity contribution >= 4 is 21.8 Å². The number of likely N-dealkylation sites (tertiary alicyclic amines) is 1. The van der Waals surface area contributed by atoms with Crippen LogP contribution in [0.25, 0.3) is 0 Å². The van der Waals surface area contributed by atoms with Crippen LogP contribution in [0, 0.1) is 5.92 Å². The van der Waals surface area contributed by atoms with Crippen LogP contribution in [0.15, 0.2) is 30.3 Å². The first kappa shape index (κ1) is 17.4. The van der Waals surface area contributed by atoms with Gasteiger partial charge in [-0.2, -0.15) is 0 Å². The lowest BCUT2D eigenvalue weighted by atomic mass is 10.1. The quantitative estimate of drug-likeness (QED) is 0.667. The molecule has 1 saturated heterocycles. The van der Waals surface area contributed by atoms with Crippen molar-refractivity contribution in [3.63, 3.8) is 0 Å². The predicted molar refractivity (Wildman–Crippen MR) is 85.8 cm³/mol. The fraction of sp³-hybridized carbons (Fsp3) is 0.467. The first-order chi connectivity index (χ1) is 10.8. The summed E-state index contributed by atoms with van der Waals surface area (Å²) in [7, 11) is -3.26. The third-order valence-electron chi connectivity index (χ3n) is 3.59. The third kappa shape index (κ3) is 5.65. The summed E-state index contributed by atoms with van der Waals surface area (Å²) in [6, 6.07) is 9.62. The molecule has 0 unspecified atom stereocenters. The Bertz CT molecular complexity index is 661. The zero-order chi connectivity index (χ0) is 16.9. The van der Waals surface area contributed by atoms with E-state index in [9.17, 15) is 18.0 Å². The summed E-state index contributed by atoms with van der Waals surface area (Å²) in [4.78, 5) is 25.7. The van der Waals surface area contributed by atoms with Crippen molar-refractivity contribution in [2.24, 2.45) is 5.92 Å². The number of carbonyl (C=O) groups excluding carboxylic acids is 2. The van der Waals surface area contributed by atoms with E-state index in [2.05, 4.69) is 10.0 Å². The molecule has 8 heteroatoms. The molecule has 1 aliphatic rings. The highest BCUT2D eigenvalue weighted by Crippen LogP contribution is 2.20. The molecule has 0 radical (unpaired) electrons. The van der Waals surface area contributed by atoms with Gasteiger partial charge < -0.3 is 10.2 Å². The fourth-order valence-electron chi connectivity index (χ4n) is 2.47. The number of benzene rings is 1. The number of rotatable bonds is 7. The summed E-state index contributed by atoms with van der Waals surface area (Å²) in [5, 5.41) is 2.66. The van der Waals surface area contributed by atoms with E-state index in [4.69, 9.17) is 0 Å². The average Bonchev–Trinajstić information content (AvgIpc) is 2.85. The van der Waals surface area contributed by atoms with E-state index >= 15 is 0 Å².